The van der Waals surface area contributed by atoms with Gasteiger partial charge in [0.15, 0.2) is 0 Å². The molecule has 0 fully saturated rings. The summed E-state index contributed by atoms with van der Waals surface area (Å²) in [6.45, 7) is 12.1. The van der Waals surface area contributed by atoms with Gasteiger partial charge in [-0.15, -0.1) is 0 Å². The third kappa shape index (κ3) is 4.06. The van der Waals surface area contributed by atoms with Gasteiger partial charge in [0.1, 0.15) is 5.69 Å². The van der Waals surface area contributed by atoms with Crippen LogP contribution < -0.4 is 4.90 Å². The average molecular weight is 408 g/mol. The molecular weight excluding hydrogens is 382 g/mol. The minimum Gasteiger partial charge on any atom is -0.461 e. The molecule has 1 aliphatic rings. The molecular formula is C19H26BrN3O2. The molecule has 2 aromatic rings. The number of nitrogens with zero attached hydrogens (tertiary/aromatic N) is 3. The Labute approximate surface area is 158 Å². The molecule has 2 heterocycles. The number of ether oxygens (including phenoxy) is 1. The van der Waals surface area contributed by atoms with Crippen LogP contribution in [0.3, 0.4) is 0 Å². The fraction of sp³-hybridized carbons (Fsp3) is 0.474. The summed E-state index contributed by atoms with van der Waals surface area (Å²) in [6.07, 6.45) is 2.84. The van der Waals surface area contributed by atoms with E-state index in [0.717, 1.165) is 29.2 Å². The number of imidazole rings is 1. The molecule has 3 rings (SSSR count). The summed E-state index contributed by atoms with van der Waals surface area (Å²) >= 11 is 3.65. The van der Waals surface area contributed by atoms with Crippen molar-refractivity contribution in [3.8, 4) is 0 Å². The van der Waals surface area contributed by atoms with Crippen LogP contribution in [-0.2, 0) is 11.3 Å². The zero-order valence-corrected chi connectivity index (χ0v) is 17.2. The van der Waals surface area contributed by atoms with Crippen molar-refractivity contribution in [1.82, 2.24) is 9.55 Å². The van der Waals surface area contributed by atoms with E-state index in [4.69, 9.17) is 4.74 Å². The van der Waals surface area contributed by atoms with Crippen LogP contribution in [0.4, 0.5) is 11.6 Å². The third-order valence-corrected chi connectivity index (χ3v) is 4.38. The molecule has 0 spiro atoms. The molecule has 0 saturated heterocycles. The minimum absolute atomic E-state index is 0.317. The topological polar surface area (TPSA) is 47.4 Å². The molecule has 0 N–H and O–H groups in total. The van der Waals surface area contributed by atoms with Crippen molar-refractivity contribution in [2.45, 2.75) is 47.6 Å². The fourth-order valence-electron chi connectivity index (χ4n) is 2.93. The molecule has 1 aromatic carbocycles. The van der Waals surface area contributed by atoms with Gasteiger partial charge < -0.3 is 14.2 Å². The molecule has 25 heavy (non-hydrogen) atoms. The van der Waals surface area contributed by atoms with Crippen LogP contribution in [0.2, 0.25) is 0 Å². The van der Waals surface area contributed by atoms with Crippen molar-refractivity contribution in [2.24, 2.45) is 0 Å². The Balaban J connectivity index is 0.000000701. The number of hydrogen-bond acceptors (Lipinski definition) is 4. The van der Waals surface area contributed by atoms with E-state index in [1.54, 1.807) is 13.1 Å². The van der Waals surface area contributed by atoms with Crippen molar-refractivity contribution in [3.63, 3.8) is 0 Å². The van der Waals surface area contributed by atoms with Crippen LogP contribution in [0.15, 0.2) is 22.8 Å². The van der Waals surface area contributed by atoms with E-state index in [1.165, 1.54) is 17.5 Å². The molecule has 0 aliphatic carbocycles. The monoisotopic (exact) mass is 407 g/mol. The van der Waals surface area contributed by atoms with Gasteiger partial charge in [-0.2, -0.15) is 0 Å². The van der Waals surface area contributed by atoms with Crippen molar-refractivity contribution >= 4 is 33.5 Å². The van der Waals surface area contributed by atoms with Gasteiger partial charge in [0, 0.05) is 17.6 Å². The SMILES string of the molecule is CCC.CCOC(=O)c1cnc2n1CCN2c1c(C)cc(C)cc1Br. The Bertz CT molecular complexity index is 732. The maximum absolute atomic E-state index is 12.0. The molecule has 5 nitrogen and oxygen atoms in total. The number of carbonyl (C=O) groups excluding carboxylic acids is 1. The largest absolute Gasteiger partial charge is 0.461 e. The Kier molecular flexibility index (Phi) is 6.64. The molecule has 1 aliphatic heterocycles. The van der Waals surface area contributed by atoms with E-state index in [2.05, 4.69) is 65.6 Å². The summed E-state index contributed by atoms with van der Waals surface area (Å²) in [5.74, 6) is 0.471. The lowest BCUT2D eigenvalue weighted by molar-refractivity contribution is 0.0514. The van der Waals surface area contributed by atoms with Gasteiger partial charge in [-0.05, 0) is 53.9 Å². The maximum Gasteiger partial charge on any atom is 0.356 e. The van der Waals surface area contributed by atoms with E-state index < -0.39 is 0 Å². The predicted octanol–water partition coefficient (Wildman–Crippen LogP) is 5.01. The van der Waals surface area contributed by atoms with Crippen molar-refractivity contribution in [2.75, 3.05) is 18.1 Å². The van der Waals surface area contributed by atoms with Crippen LogP contribution >= 0.6 is 15.9 Å². The molecule has 1 aromatic heterocycles. The highest BCUT2D eigenvalue weighted by atomic mass is 79.9. The van der Waals surface area contributed by atoms with E-state index >= 15 is 0 Å². The van der Waals surface area contributed by atoms with E-state index in [-0.39, 0.29) is 5.97 Å². The van der Waals surface area contributed by atoms with Gasteiger partial charge in [0.2, 0.25) is 5.95 Å². The van der Waals surface area contributed by atoms with Crippen LogP contribution in [0.25, 0.3) is 0 Å². The van der Waals surface area contributed by atoms with Gasteiger partial charge in [-0.3, -0.25) is 0 Å². The Hall–Kier alpha value is -1.82. The molecule has 0 amide bonds. The van der Waals surface area contributed by atoms with E-state index in [0.29, 0.717) is 12.3 Å². The number of benzene rings is 1. The first-order chi connectivity index (χ1) is 11.9. The van der Waals surface area contributed by atoms with Gasteiger partial charge in [0.05, 0.1) is 18.5 Å². The summed E-state index contributed by atoms with van der Waals surface area (Å²) in [5.41, 5.74) is 4.01. The fourth-order valence-corrected chi connectivity index (χ4v) is 3.82. The Morgan fingerprint density at radius 2 is 1.92 bits per heavy atom. The first-order valence-electron chi connectivity index (χ1n) is 8.71. The van der Waals surface area contributed by atoms with E-state index in [1.807, 2.05) is 4.57 Å². The highest BCUT2D eigenvalue weighted by molar-refractivity contribution is 9.10. The summed E-state index contributed by atoms with van der Waals surface area (Å²) in [6, 6.07) is 4.25. The maximum atomic E-state index is 12.0. The predicted molar refractivity (Wildman–Crippen MR) is 105 cm³/mol. The molecule has 0 atom stereocenters. The number of halogens is 1. The number of aryl methyl sites for hydroxylation is 2. The van der Waals surface area contributed by atoms with Crippen LogP contribution in [0, 0.1) is 13.8 Å². The minimum atomic E-state index is -0.317. The number of fused-ring (bicyclic) bond motifs is 1. The summed E-state index contributed by atoms with van der Waals surface area (Å²) < 4.78 is 8.05. The summed E-state index contributed by atoms with van der Waals surface area (Å²) in [7, 11) is 0. The number of anilines is 2. The van der Waals surface area contributed by atoms with Crippen molar-refractivity contribution < 1.29 is 9.53 Å². The molecule has 136 valence electrons. The highest BCUT2D eigenvalue weighted by Crippen LogP contribution is 2.38. The van der Waals surface area contributed by atoms with E-state index in [9.17, 15) is 4.79 Å². The quantitative estimate of drug-likeness (QED) is 0.670. The molecule has 0 saturated carbocycles. The average Bonchev–Trinajstić information content (AvgIpc) is 3.10. The number of hydrogen-bond donors (Lipinski definition) is 0. The van der Waals surface area contributed by atoms with Crippen molar-refractivity contribution in [3.05, 3.63) is 39.6 Å². The smallest absolute Gasteiger partial charge is 0.356 e. The number of rotatable bonds is 3. The lowest BCUT2D eigenvalue weighted by Crippen LogP contribution is -2.16. The van der Waals surface area contributed by atoms with Crippen LogP contribution in [-0.4, -0.2) is 28.7 Å². The number of carbonyl (C=O) groups is 1. The first kappa shape index (κ1) is 19.5. The van der Waals surface area contributed by atoms with Gasteiger partial charge in [0.25, 0.3) is 0 Å². The van der Waals surface area contributed by atoms with Gasteiger partial charge in [-0.25, -0.2) is 9.78 Å². The summed E-state index contributed by atoms with van der Waals surface area (Å²) in [4.78, 5) is 18.5. The molecule has 0 bridgehead atoms. The zero-order valence-electron chi connectivity index (χ0n) is 15.6. The number of aromatic nitrogens is 2. The van der Waals surface area contributed by atoms with Gasteiger partial charge in [-0.1, -0.05) is 26.3 Å². The molecule has 0 radical (unpaired) electrons. The third-order valence-electron chi connectivity index (χ3n) is 3.78. The molecule has 6 heteroatoms. The lowest BCUT2D eigenvalue weighted by Gasteiger charge is -2.21. The second-order valence-corrected chi connectivity index (χ2v) is 6.94. The second-order valence-electron chi connectivity index (χ2n) is 6.09. The van der Waals surface area contributed by atoms with Crippen molar-refractivity contribution in [1.29, 1.82) is 0 Å². The zero-order chi connectivity index (χ0) is 18.6. The second kappa shape index (κ2) is 8.52. The Morgan fingerprint density at radius 3 is 2.52 bits per heavy atom. The number of esters is 1. The van der Waals surface area contributed by atoms with Crippen LogP contribution in [0.5, 0.6) is 0 Å². The lowest BCUT2D eigenvalue weighted by atomic mass is 10.1. The first-order valence-corrected chi connectivity index (χ1v) is 9.50. The standard InChI is InChI=1S/C16H18BrN3O2.C3H8/c1-4-22-15(21)13-9-18-16-19(13)5-6-20(16)14-11(3)7-10(2)8-12(14)17;1-3-2/h7-9H,4-6H2,1-3H3;3H2,1-2H3. The molecule has 0 unspecified atom stereocenters. The Morgan fingerprint density at radius 1 is 1.24 bits per heavy atom. The van der Waals surface area contributed by atoms with Gasteiger partial charge >= 0.3 is 5.97 Å². The summed E-state index contributed by atoms with van der Waals surface area (Å²) in [5, 5.41) is 0. The highest BCUT2D eigenvalue weighted by Gasteiger charge is 2.29. The normalized spacial score (nSPS) is 12.5. The van der Waals surface area contributed by atoms with Crippen LogP contribution in [0.1, 0.15) is 48.8 Å².